The molecule has 0 aliphatic carbocycles. The molecule has 1 saturated heterocycles. The van der Waals surface area contributed by atoms with E-state index in [0.717, 1.165) is 37.7 Å². The second-order valence-corrected chi connectivity index (χ2v) is 8.61. The Balaban J connectivity index is 1.38. The summed E-state index contributed by atoms with van der Waals surface area (Å²) in [7, 11) is 3.72. The Bertz CT molecular complexity index is 1290. The minimum Gasteiger partial charge on any atom is -0.497 e. The first kappa shape index (κ1) is 22.1. The monoisotopic (exact) mass is 456 g/mol. The lowest BCUT2D eigenvalue weighted by molar-refractivity contribution is 0.0852. The van der Waals surface area contributed by atoms with Gasteiger partial charge in [0.25, 0.3) is 5.91 Å². The fourth-order valence-electron chi connectivity index (χ4n) is 4.37. The minimum atomic E-state index is -0.197. The quantitative estimate of drug-likeness (QED) is 0.479. The van der Waals surface area contributed by atoms with Gasteiger partial charge in [-0.2, -0.15) is 0 Å². The second kappa shape index (κ2) is 9.62. The van der Waals surface area contributed by atoms with E-state index in [9.17, 15) is 4.79 Å². The molecule has 8 heteroatoms. The molecule has 0 saturated carbocycles. The Kier molecular flexibility index (Phi) is 6.24. The van der Waals surface area contributed by atoms with Crippen molar-refractivity contribution >= 4 is 17.2 Å². The molecular formula is C26H28N6O2. The molecule has 34 heavy (non-hydrogen) atoms. The van der Waals surface area contributed by atoms with Gasteiger partial charge in [0.05, 0.1) is 18.7 Å². The van der Waals surface area contributed by atoms with Crippen LogP contribution in [-0.2, 0) is 6.54 Å². The van der Waals surface area contributed by atoms with Gasteiger partial charge in [-0.15, -0.1) is 10.2 Å². The van der Waals surface area contributed by atoms with Crippen LogP contribution < -0.4 is 10.1 Å². The molecule has 8 nitrogen and oxygen atoms in total. The normalized spacial score (nSPS) is 17.1. The van der Waals surface area contributed by atoms with E-state index in [0.29, 0.717) is 17.0 Å². The van der Waals surface area contributed by atoms with Gasteiger partial charge in [0, 0.05) is 44.1 Å². The number of aromatic nitrogens is 3. The van der Waals surface area contributed by atoms with Gasteiger partial charge in [0.15, 0.2) is 11.5 Å². The maximum Gasteiger partial charge on any atom is 0.257 e. The van der Waals surface area contributed by atoms with Gasteiger partial charge >= 0.3 is 0 Å². The number of hydrogen-bond donors (Lipinski definition) is 1. The summed E-state index contributed by atoms with van der Waals surface area (Å²) in [5, 5.41) is 11.8. The highest BCUT2D eigenvalue weighted by atomic mass is 16.5. The number of pyridine rings is 1. The molecule has 0 unspecified atom stereocenters. The Morgan fingerprint density at radius 1 is 1.06 bits per heavy atom. The Hall–Kier alpha value is -3.75. The predicted molar refractivity (Wildman–Crippen MR) is 131 cm³/mol. The van der Waals surface area contributed by atoms with E-state index in [2.05, 4.69) is 56.6 Å². The SMILES string of the molecule is COc1cccc(NC(=O)c2ccc3nnc([C@H]4CN(Cc5ccccc5)CCN4C)n3c2)c1. The number of nitrogens with zero attached hydrogens (tertiary/aromatic N) is 5. The van der Waals surface area contributed by atoms with Gasteiger partial charge in [0.2, 0.25) is 0 Å². The lowest BCUT2D eigenvalue weighted by atomic mass is 10.1. The number of piperazine rings is 1. The number of benzene rings is 2. The topological polar surface area (TPSA) is 75.0 Å². The van der Waals surface area contributed by atoms with E-state index in [1.54, 1.807) is 19.2 Å². The van der Waals surface area contributed by atoms with Gasteiger partial charge in [0.1, 0.15) is 5.75 Å². The average molecular weight is 457 g/mol. The molecule has 0 spiro atoms. The van der Waals surface area contributed by atoms with Crippen molar-refractivity contribution in [3.05, 3.63) is 89.9 Å². The molecule has 2 aromatic carbocycles. The molecule has 4 aromatic rings. The van der Waals surface area contributed by atoms with Gasteiger partial charge in [-0.3, -0.25) is 19.0 Å². The van der Waals surface area contributed by atoms with Crippen LogP contribution in [0.1, 0.15) is 27.8 Å². The van der Waals surface area contributed by atoms with Gasteiger partial charge in [-0.1, -0.05) is 36.4 Å². The van der Waals surface area contributed by atoms with Crippen molar-refractivity contribution in [2.75, 3.05) is 39.1 Å². The highest BCUT2D eigenvalue weighted by molar-refractivity contribution is 6.04. The van der Waals surface area contributed by atoms with Gasteiger partial charge in [-0.05, 0) is 36.9 Å². The smallest absolute Gasteiger partial charge is 0.257 e. The van der Waals surface area contributed by atoms with Crippen molar-refractivity contribution in [2.45, 2.75) is 12.6 Å². The van der Waals surface area contributed by atoms with Crippen LogP contribution in [0.2, 0.25) is 0 Å². The van der Waals surface area contributed by atoms with Crippen molar-refractivity contribution in [3.63, 3.8) is 0 Å². The predicted octanol–water partition coefficient (Wildman–Crippen LogP) is 3.48. The summed E-state index contributed by atoms with van der Waals surface area (Å²) in [4.78, 5) is 17.7. The van der Waals surface area contributed by atoms with Crippen LogP contribution in [0.4, 0.5) is 5.69 Å². The minimum absolute atomic E-state index is 0.0733. The molecule has 0 bridgehead atoms. The highest BCUT2D eigenvalue weighted by Crippen LogP contribution is 2.25. The molecule has 1 N–H and O–H groups in total. The zero-order valence-electron chi connectivity index (χ0n) is 19.4. The maximum absolute atomic E-state index is 13.0. The molecule has 1 aliphatic rings. The maximum atomic E-state index is 13.0. The van der Waals surface area contributed by atoms with E-state index < -0.39 is 0 Å². The molecule has 2 aromatic heterocycles. The largest absolute Gasteiger partial charge is 0.497 e. The van der Waals surface area contributed by atoms with Gasteiger partial charge < -0.3 is 10.1 Å². The number of likely N-dealkylation sites (N-methyl/N-ethyl adjacent to an activating group) is 1. The highest BCUT2D eigenvalue weighted by Gasteiger charge is 2.29. The summed E-state index contributed by atoms with van der Waals surface area (Å²) in [5.74, 6) is 1.33. The molecule has 174 valence electrons. The molecule has 1 atom stereocenters. The average Bonchev–Trinajstić information content (AvgIpc) is 3.29. The lowest BCUT2D eigenvalue weighted by Crippen LogP contribution is -2.46. The summed E-state index contributed by atoms with van der Waals surface area (Å²) >= 11 is 0. The Morgan fingerprint density at radius 2 is 1.91 bits per heavy atom. The van der Waals surface area contributed by atoms with E-state index in [1.807, 2.05) is 40.9 Å². The molecule has 0 radical (unpaired) electrons. The summed E-state index contributed by atoms with van der Waals surface area (Å²) in [6.07, 6.45) is 1.82. The Morgan fingerprint density at radius 3 is 2.74 bits per heavy atom. The molecule has 5 rings (SSSR count). The first-order valence-corrected chi connectivity index (χ1v) is 11.4. The van der Waals surface area contributed by atoms with Crippen LogP contribution in [0.15, 0.2) is 72.9 Å². The number of rotatable bonds is 6. The van der Waals surface area contributed by atoms with Crippen molar-refractivity contribution in [2.24, 2.45) is 0 Å². The van der Waals surface area contributed by atoms with E-state index in [1.165, 1.54) is 5.56 Å². The number of hydrogen-bond acceptors (Lipinski definition) is 6. The van der Waals surface area contributed by atoms with Crippen LogP contribution in [0, 0.1) is 0 Å². The summed E-state index contributed by atoms with van der Waals surface area (Å²) in [6.45, 7) is 3.66. The van der Waals surface area contributed by atoms with Crippen molar-refractivity contribution in [1.29, 1.82) is 0 Å². The van der Waals surface area contributed by atoms with Crippen molar-refractivity contribution in [1.82, 2.24) is 24.4 Å². The van der Waals surface area contributed by atoms with Crippen molar-refractivity contribution < 1.29 is 9.53 Å². The summed E-state index contributed by atoms with van der Waals surface area (Å²) in [5.41, 5.74) is 3.24. The lowest BCUT2D eigenvalue weighted by Gasteiger charge is -2.38. The molecule has 1 aliphatic heterocycles. The molecule has 1 fully saturated rings. The second-order valence-electron chi connectivity index (χ2n) is 8.61. The van der Waals surface area contributed by atoms with Crippen LogP contribution >= 0.6 is 0 Å². The molecular weight excluding hydrogens is 428 g/mol. The fraction of sp³-hybridized carbons (Fsp3) is 0.269. The number of ether oxygens (including phenoxy) is 1. The molecule has 1 amide bonds. The fourth-order valence-corrected chi connectivity index (χ4v) is 4.37. The first-order chi connectivity index (χ1) is 16.6. The third-order valence-corrected chi connectivity index (χ3v) is 6.30. The zero-order chi connectivity index (χ0) is 23.5. The number of carbonyl (C=O) groups excluding carboxylic acids is 1. The standard InChI is InChI=1S/C26H28N6O2/c1-30-13-14-31(16-19-7-4-3-5-8-19)18-23(30)25-29-28-24-12-11-20(17-32(24)25)26(33)27-21-9-6-10-22(15-21)34-2/h3-12,15,17,23H,13-14,16,18H2,1-2H3,(H,27,33)/t23-/m1/s1. The van der Waals surface area contributed by atoms with Crippen LogP contribution in [0.3, 0.4) is 0 Å². The number of carbonyl (C=O) groups is 1. The summed E-state index contributed by atoms with van der Waals surface area (Å²) < 4.78 is 7.19. The van der Waals surface area contributed by atoms with Crippen LogP contribution in [0.25, 0.3) is 5.65 Å². The van der Waals surface area contributed by atoms with E-state index in [4.69, 9.17) is 4.74 Å². The summed E-state index contributed by atoms with van der Waals surface area (Å²) in [6, 6.07) is 21.5. The van der Waals surface area contributed by atoms with Crippen molar-refractivity contribution in [3.8, 4) is 5.75 Å². The molecule has 3 heterocycles. The first-order valence-electron chi connectivity index (χ1n) is 11.4. The third-order valence-electron chi connectivity index (χ3n) is 6.30. The Labute approximate surface area is 198 Å². The van der Waals surface area contributed by atoms with Crippen LogP contribution in [-0.4, -0.2) is 64.1 Å². The number of nitrogens with one attached hydrogen (secondary N) is 1. The number of anilines is 1. The third kappa shape index (κ3) is 4.64. The number of fused-ring (bicyclic) bond motifs is 1. The van der Waals surface area contributed by atoms with E-state index in [-0.39, 0.29) is 11.9 Å². The zero-order valence-corrected chi connectivity index (χ0v) is 19.4. The van der Waals surface area contributed by atoms with Crippen LogP contribution in [0.5, 0.6) is 5.75 Å². The van der Waals surface area contributed by atoms with E-state index >= 15 is 0 Å². The number of amides is 1. The van der Waals surface area contributed by atoms with Gasteiger partial charge in [-0.25, -0.2) is 0 Å². The number of methoxy groups -OCH3 is 1.